The van der Waals surface area contributed by atoms with Crippen LogP contribution in [0.2, 0.25) is 0 Å². The second-order valence-corrected chi connectivity index (χ2v) is 6.16. The number of benzene rings is 1. The lowest BCUT2D eigenvalue weighted by Gasteiger charge is -2.26. The molecule has 3 rings (SSSR count). The van der Waals surface area contributed by atoms with E-state index in [4.69, 9.17) is 5.11 Å². The molecule has 2 aliphatic rings. The molecule has 1 aliphatic carbocycles. The molecule has 1 aliphatic heterocycles. The number of hydrogen-bond donors (Lipinski definition) is 3. The maximum Gasteiger partial charge on any atom is 0.322 e. The fourth-order valence-corrected chi connectivity index (χ4v) is 3.35. The number of carboxylic acid groups (broad SMARTS) is 1. The van der Waals surface area contributed by atoms with Gasteiger partial charge in [0.2, 0.25) is 0 Å². The van der Waals surface area contributed by atoms with Gasteiger partial charge in [0.1, 0.15) is 5.54 Å². The smallest absolute Gasteiger partial charge is 0.322 e. The van der Waals surface area contributed by atoms with Gasteiger partial charge in [0.05, 0.1) is 5.92 Å². The first-order valence-electron chi connectivity index (χ1n) is 7.34. The Morgan fingerprint density at radius 2 is 2.18 bits per heavy atom. The van der Waals surface area contributed by atoms with Crippen LogP contribution < -0.4 is 10.6 Å². The van der Waals surface area contributed by atoms with Gasteiger partial charge in [-0.25, -0.2) is 4.79 Å². The maximum absolute atomic E-state index is 12.3. The molecule has 3 N–H and O–H groups in total. The minimum absolute atomic E-state index is 0.332. The summed E-state index contributed by atoms with van der Waals surface area (Å²) in [4.78, 5) is 34.9. The van der Waals surface area contributed by atoms with E-state index in [2.05, 4.69) is 10.6 Å². The summed E-state index contributed by atoms with van der Waals surface area (Å²) >= 11 is 0. The third-order valence-electron chi connectivity index (χ3n) is 4.60. The van der Waals surface area contributed by atoms with Crippen molar-refractivity contribution < 1.29 is 19.5 Å². The standard InChI is InChI=1S/C16H18N2O4/c1-9-3-2-4-10(7-9)5-6-16(12-8-11(12)13(19)20)14(21)17-15(22)18-16/h2-4,7,11-12H,5-6,8H2,1H3,(H,19,20)(H2,17,18,21,22)/t11-,12-,16?/m1/s1. The Balaban J connectivity index is 1.80. The van der Waals surface area contributed by atoms with Crippen molar-refractivity contribution in [3.63, 3.8) is 0 Å². The molecule has 1 saturated heterocycles. The third-order valence-corrected chi connectivity index (χ3v) is 4.60. The van der Waals surface area contributed by atoms with E-state index in [1.54, 1.807) is 0 Å². The minimum Gasteiger partial charge on any atom is -0.481 e. The van der Waals surface area contributed by atoms with Crippen molar-refractivity contribution in [3.05, 3.63) is 35.4 Å². The zero-order valence-corrected chi connectivity index (χ0v) is 12.3. The van der Waals surface area contributed by atoms with Crippen LogP contribution in [0.4, 0.5) is 4.79 Å². The molecule has 0 bridgehead atoms. The van der Waals surface area contributed by atoms with Crippen LogP contribution in [0.25, 0.3) is 0 Å². The third kappa shape index (κ3) is 2.45. The highest BCUT2D eigenvalue weighted by atomic mass is 16.4. The summed E-state index contributed by atoms with van der Waals surface area (Å²) in [6.07, 6.45) is 1.44. The van der Waals surface area contributed by atoms with Crippen molar-refractivity contribution in [2.45, 2.75) is 31.7 Å². The van der Waals surface area contributed by atoms with Crippen molar-refractivity contribution in [2.24, 2.45) is 11.8 Å². The molecule has 1 heterocycles. The lowest BCUT2D eigenvalue weighted by molar-refractivity contribution is -0.139. The topological polar surface area (TPSA) is 95.5 Å². The van der Waals surface area contributed by atoms with Crippen molar-refractivity contribution >= 4 is 17.9 Å². The van der Waals surface area contributed by atoms with Crippen LogP contribution in [0.3, 0.4) is 0 Å². The zero-order chi connectivity index (χ0) is 15.9. The number of nitrogens with one attached hydrogen (secondary N) is 2. The molecule has 1 aromatic carbocycles. The van der Waals surface area contributed by atoms with Gasteiger partial charge in [0, 0.05) is 5.92 Å². The predicted octanol–water partition coefficient (Wildman–Crippen LogP) is 1.23. The Morgan fingerprint density at radius 3 is 2.73 bits per heavy atom. The van der Waals surface area contributed by atoms with Crippen LogP contribution in [-0.2, 0) is 16.0 Å². The number of carbonyl (C=O) groups is 3. The molecule has 6 heteroatoms. The lowest BCUT2D eigenvalue weighted by Crippen LogP contribution is -2.50. The quantitative estimate of drug-likeness (QED) is 0.713. The van der Waals surface area contributed by atoms with E-state index >= 15 is 0 Å². The van der Waals surface area contributed by atoms with Crippen LogP contribution in [0.1, 0.15) is 24.0 Å². The highest BCUT2D eigenvalue weighted by Crippen LogP contribution is 2.49. The predicted molar refractivity (Wildman–Crippen MR) is 78.1 cm³/mol. The van der Waals surface area contributed by atoms with E-state index in [0.717, 1.165) is 11.1 Å². The minimum atomic E-state index is -1.09. The van der Waals surface area contributed by atoms with Crippen molar-refractivity contribution in [1.82, 2.24) is 10.6 Å². The van der Waals surface area contributed by atoms with Gasteiger partial charge >= 0.3 is 12.0 Å². The van der Waals surface area contributed by atoms with Crippen LogP contribution in [-0.4, -0.2) is 28.6 Å². The van der Waals surface area contributed by atoms with Crippen molar-refractivity contribution in [2.75, 3.05) is 0 Å². The monoisotopic (exact) mass is 302 g/mol. The second kappa shape index (κ2) is 5.12. The molecule has 1 aromatic rings. The van der Waals surface area contributed by atoms with Crippen LogP contribution in [0.15, 0.2) is 24.3 Å². The molecule has 3 atom stereocenters. The Morgan fingerprint density at radius 1 is 1.41 bits per heavy atom. The van der Waals surface area contributed by atoms with E-state index in [1.807, 2.05) is 31.2 Å². The molecule has 0 spiro atoms. The Kier molecular flexibility index (Phi) is 3.39. The van der Waals surface area contributed by atoms with Gasteiger partial charge < -0.3 is 10.4 Å². The van der Waals surface area contributed by atoms with E-state index in [9.17, 15) is 14.4 Å². The highest BCUT2D eigenvalue weighted by molar-refractivity contribution is 6.07. The largest absolute Gasteiger partial charge is 0.481 e. The molecule has 3 amide bonds. The number of rotatable bonds is 5. The van der Waals surface area contributed by atoms with Gasteiger partial charge in [0.15, 0.2) is 0 Å². The first kappa shape index (κ1) is 14.6. The molecule has 22 heavy (non-hydrogen) atoms. The van der Waals surface area contributed by atoms with Crippen LogP contribution >= 0.6 is 0 Å². The van der Waals surface area contributed by atoms with Gasteiger partial charge in [-0.3, -0.25) is 14.9 Å². The number of aryl methyl sites for hydroxylation is 2. The van der Waals surface area contributed by atoms with Crippen molar-refractivity contribution in [3.8, 4) is 0 Å². The molecule has 1 unspecified atom stereocenters. The first-order valence-corrected chi connectivity index (χ1v) is 7.34. The van der Waals surface area contributed by atoms with Crippen LogP contribution in [0, 0.1) is 18.8 Å². The normalized spacial score (nSPS) is 29.9. The number of imide groups is 1. The van der Waals surface area contributed by atoms with E-state index in [-0.39, 0.29) is 5.92 Å². The van der Waals surface area contributed by atoms with Gasteiger partial charge in [-0.05, 0) is 31.7 Å². The SMILES string of the molecule is Cc1cccc(CCC2([C@@H]3C[C@H]3C(=O)O)NC(=O)NC2=O)c1. The molecule has 0 aromatic heterocycles. The Hall–Kier alpha value is -2.37. The maximum atomic E-state index is 12.3. The Bertz CT molecular complexity index is 657. The number of carbonyl (C=O) groups excluding carboxylic acids is 2. The molecule has 0 radical (unpaired) electrons. The van der Waals surface area contributed by atoms with Gasteiger partial charge in [0.25, 0.3) is 5.91 Å². The molecule has 1 saturated carbocycles. The average molecular weight is 302 g/mol. The first-order chi connectivity index (χ1) is 10.4. The van der Waals surface area contributed by atoms with E-state index in [1.165, 1.54) is 0 Å². The Labute approximate surface area is 127 Å². The van der Waals surface area contributed by atoms with Crippen LogP contribution in [0.5, 0.6) is 0 Å². The van der Waals surface area contributed by atoms with Gasteiger partial charge in [-0.15, -0.1) is 0 Å². The van der Waals surface area contributed by atoms with Crippen molar-refractivity contribution in [1.29, 1.82) is 0 Å². The molecular formula is C16H18N2O4. The lowest BCUT2D eigenvalue weighted by atomic mass is 9.85. The van der Waals surface area contributed by atoms with E-state index in [0.29, 0.717) is 19.3 Å². The summed E-state index contributed by atoms with van der Waals surface area (Å²) in [5, 5.41) is 14.1. The number of amides is 3. The number of urea groups is 1. The van der Waals surface area contributed by atoms with Gasteiger partial charge in [-0.2, -0.15) is 0 Å². The molecule has 116 valence electrons. The number of carboxylic acids is 1. The molecule has 6 nitrogen and oxygen atoms in total. The van der Waals surface area contributed by atoms with E-state index < -0.39 is 29.4 Å². The fraction of sp³-hybridized carbons (Fsp3) is 0.438. The second-order valence-electron chi connectivity index (χ2n) is 6.16. The molecular weight excluding hydrogens is 284 g/mol. The fourth-order valence-electron chi connectivity index (χ4n) is 3.35. The summed E-state index contributed by atoms with van der Waals surface area (Å²) in [7, 11) is 0. The molecule has 2 fully saturated rings. The van der Waals surface area contributed by atoms with Gasteiger partial charge in [-0.1, -0.05) is 29.8 Å². The summed E-state index contributed by atoms with van der Waals surface area (Å²) in [6.45, 7) is 1.99. The summed E-state index contributed by atoms with van der Waals surface area (Å²) in [5.41, 5.74) is 1.10. The number of hydrogen-bond acceptors (Lipinski definition) is 3. The average Bonchev–Trinajstić information content (AvgIpc) is 3.19. The summed E-state index contributed by atoms with van der Waals surface area (Å²) in [6, 6.07) is 7.40. The summed E-state index contributed by atoms with van der Waals surface area (Å²) in [5.74, 6) is -2.20. The summed E-state index contributed by atoms with van der Waals surface area (Å²) < 4.78 is 0. The zero-order valence-electron chi connectivity index (χ0n) is 12.3. The highest BCUT2D eigenvalue weighted by Gasteiger charge is 2.62. The number of aliphatic carboxylic acids is 1.